The van der Waals surface area contributed by atoms with Crippen LogP contribution in [-0.2, 0) is 14.3 Å². The van der Waals surface area contributed by atoms with Crippen LogP contribution < -0.4 is 4.90 Å². The van der Waals surface area contributed by atoms with Crippen LogP contribution in [0.2, 0.25) is 0 Å². The Hall–Kier alpha value is -1.11. The molecule has 0 atom stereocenters. The molecule has 0 aliphatic carbocycles. The first-order valence-corrected chi connectivity index (χ1v) is 8.02. The van der Waals surface area contributed by atoms with Crippen LogP contribution in [0.5, 0.6) is 0 Å². The average Bonchev–Trinajstić information content (AvgIpc) is 2.36. The van der Waals surface area contributed by atoms with Gasteiger partial charge in [-0.2, -0.15) is 8.42 Å². The van der Waals surface area contributed by atoms with E-state index in [0.717, 1.165) is 18.2 Å². The quantitative estimate of drug-likeness (QED) is 0.414. The van der Waals surface area contributed by atoms with E-state index in [1.807, 2.05) is 4.90 Å². The third-order valence-electron chi connectivity index (χ3n) is 2.42. The zero-order valence-corrected chi connectivity index (χ0v) is 12.2. The number of hydrogen-bond acceptors (Lipinski definition) is 5. The van der Waals surface area contributed by atoms with Gasteiger partial charge < -0.3 is 4.90 Å². The van der Waals surface area contributed by atoms with Crippen molar-refractivity contribution in [1.82, 2.24) is 0 Å². The topological polar surface area (TPSA) is 63.7 Å². The van der Waals surface area contributed by atoms with E-state index < -0.39 is 10.1 Å². The highest BCUT2D eigenvalue weighted by atomic mass is 35.5. The van der Waals surface area contributed by atoms with Gasteiger partial charge in [-0.1, -0.05) is 12.1 Å². The second-order valence-corrected chi connectivity index (χ2v) is 5.90. The van der Waals surface area contributed by atoms with Gasteiger partial charge in [-0.15, -0.1) is 11.6 Å². The Morgan fingerprint density at radius 2 is 2.00 bits per heavy atom. The lowest BCUT2D eigenvalue weighted by Gasteiger charge is -2.24. The molecule has 0 heterocycles. The second-order valence-electron chi connectivity index (χ2n) is 3.88. The van der Waals surface area contributed by atoms with Gasteiger partial charge in [0.25, 0.3) is 10.1 Å². The maximum atomic E-state index is 11.0. The normalized spacial score (nSPS) is 11.3. The van der Waals surface area contributed by atoms with Gasteiger partial charge in [0.1, 0.15) is 0 Å². The molecular weight excluding hydrogens is 290 g/mol. The van der Waals surface area contributed by atoms with Gasteiger partial charge in [-0.05, 0) is 12.1 Å². The molecule has 0 aliphatic heterocycles. The number of nitrogens with zero attached hydrogens (tertiary/aromatic N) is 1. The minimum atomic E-state index is -3.46. The van der Waals surface area contributed by atoms with Crippen molar-refractivity contribution >= 4 is 33.7 Å². The van der Waals surface area contributed by atoms with Crippen molar-refractivity contribution in [3.05, 3.63) is 29.8 Å². The van der Waals surface area contributed by atoms with E-state index in [9.17, 15) is 13.2 Å². The van der Waals surface area contributed by atoms with Crippen LogP contribution in [0, 0.1) is 0 Å². The molecule has 0 saturated heterocycles. The van der Waals surface area contributed by atoms with Gasteiger partial charge in [0.2, 0.25) is 0 Å². The minimum absolute atomic E-state index is 0.0168. The molecule has 0 saturated carbocycles. The molecule has 0 radical (unpaired) electrons. The van der Waals surface area contributed by atoms with E-state index in [0.29, 0.717) is 24.5 Å². The van der Waals surface area contributed by atoms with Crippen molar-refractivity contribution in [2.24, 2.45) is 0 Å². The van der Waals surface area contributed by atoms with Crippen molar-refractivity contribution < 1.29 is 17.4 Å². The Morgan fingerprint density at radius 1 is 1.32 bits per heavy atom. The van der Waals surface area contributed by atoms with E-state index in [4.69, 9.17) is 15.8 Å². The third-order valence-corrected chi connectivity index (χ3v) is 3.18. The van der Waals surface area contributed by atoms with Gasteiger partial charge in [0.05, 0.1) is 12.9 Å². The first-order chi connectivity index (χ1) is 8.98. The fourth-order valence-electron chi connectivity index (χ4n) is 1.63. The number of hydrogen-bond donors (Lipinski definition) is 0. The number of para-hydroxylation sites is 1. The fraction of sp³-hybridized carbons (Fsp3) is 0.417. The SMILES string of the molecule is CS(=O)(=O)OCCN(CCCl)c1ccccc1C=O. The summed E-state index contributed by atoms with van der Waals surface area (Å²) in [7, 11) is -3.46. The lowest BCUT2D eigenvalue weighted by molar-refractivity contribution is 0.112. The summed E-state index contributed by atoms with van der Waals surface area (Å²) < 4.78 is 26.5. The lowest BCUT2D eigenvalue weighted by atomic mass is 10.2. The molecule has 19 heavy (non-hydrogen) atoms. The maximum Gasteiger partial charge on any atom is 0.264 e. The monoisotopic (exact) mass is 305 g/mol. The van der Waals surface area contributed by atoms with Gasteiger partial charge in [0.15, 0.2) is 6.29 Å². The Labute approximate surface area is 118 Å². The molecule has 5 nitrogen and oxygen atoms in total. The summed E-state index contributed by atoms with van der Waals surface area (Å²) in [6.45, 7) is 0.854. The Balaban J connectivity index is 2.79. The molecule has 0 N–H and O–H groups in total. The summed E-state index contributed by atoms with van der Waals surface area (Å²) in [5.74, 6) is 0.367. The molecule has 0 aliphatic rings. The summed E-state index contributed by atoms with van der Waals surface area (Å²) in [6, 6.07) is 7.05. The number of carbonyl (C=O) groups is 1. The smallest absolute Gasteiger partial charge is 0.264 e. The minimum Gasteiger partial charge on any atom is -0.367 e. The van der Waals surface area contributed by atoms with Gasteiger partial charge in [-0.25, -0.2) is 0 Å². The third kappa shape index (κ3) is 5.59. The first kappa shape index (κ1) is 15.9. The molecule has 1 rings (SSSR count). The molecule has 1 aromatic carbocycles. The molecule has 1 aromatic rings. The van der Waals surface area contributed by atoms with Crippen molar-refractivity contribution in [2.75, 3.05) is 36.7 Å². The fourth-order valence-corrected chi connectivity index (χ4v) is 2.21. The van der Waals surface area contributed by atoms with Gasteiger partial charge >= 0.3 is 0 Å². The van der Waals surface area contributed by atoms with Gasteiger partial charge in [0, 0.05) is 30.2 Å². The number of benzene rings is 1. The predicted molar refractivity (Wildman–Crippen MR) is 75.6 cm³/mol. The highest BCUT2D eigenvalue weighted by molar-refractivity contribution is 7.85. The number of aldehydes is 1. The standard InChI is InChI=1S/C12H16ClNO4S/c1-19(16,17)18-9-8-14(7-6-13)12-5-3-2-4-11(12)10-15/h2-5,10H,6-9H2,1H3. The zero-order valence-electron chi connectivity index (χ0n) is 10.6. The number of halogens is 1. The molecule has 0 aromatic heterocycles. The Kier molecular flexibility index (Phi) is 6.27. The molecule has 0 unspecified atom stereocenters. The van der Waals surface area contributed by atoms with Crippen LogP contribution >= 0.6 is 11.6 Å². The number of anilines is 1. The van der Waals surface area contributed by atoms with E-state index in [1.54, 1.807) is 24.3 Å². The number of alkyl halides is 1. The summed E-state index contributed by atoms with van der Waals surface area (Å²) in [5.41, 5.74) is 1.25. The van der Waals surface area contributed by atoms with Crippen LogP contribution in [0.1, 0.15) is 10.4 Å². The van der Waals surface area contributed by atoms with Crippen LogP contribution in [0.15, 0.2) is 24.3 Å². The van der Waals surface area contributed by atoms with Gasteiger partial charge in [-0.3, -0.25) is 8.98 Å². The number of rotatable bonds is 8. The Morgan fingerprint density at radius 3 is 2.58 bits per heavy atom. The lowest BCUT2D eigenvalue weighted by Crippen LogP contribution is -2.30. The largest absolute Gasteiger partial charge is 0.367 e. The summed E-state index contributed by atoms with van der Waals surface area (Å²) in [5, 5.41) is 0. The molecule has 0 bridgehead atoms. The maximum absolute atomic E-state index is 11.0. The van der Waals surface area contributed by atoms with Crippen LogP contribution in [0.4, 0.5) is 5.69 Å². The van der Waals surface area contributed by atoms with Crippen molar-refractivity contribution in [3.63, 3.8) is 0 Å². The molecule has 0 spiro atoms. The van der Waals surface area contributed by atoms with E-state index >= 15 is 0 Å². The average molecular weight is 306 g/mol. The summed E-state index contributed by atoms with van der Waals surface area (Å²) >= 11 is 5.72. The number of carbonyl (C=O) groups excluding carboxylic acids is 1. The zero-order chi connectivity index (χ0) is 14.3. The highest BCUT2D eigenvalue weighted by Gasteiger charge is 2.11. The summed E-state index contributed by atoms with van der Waals surface area (Å²) in [4.78, 5) is 12.8. The van der Waals surface area contributed by atoms with Crippen molar-refractivity contribution in [2.45, 2.75) is 0 Å². The van der Waals surface area contributed by atoms with Crippen molar-refractivity contribution in [3.8, 4) is 0 Å². The second kappa shape index (κ2) is 7.47. The molecule has 7 heteroatoms. The molecule has 0 fully saturated rings. The molecular formula is C12H16ClNO4S. The van der Waals surface area contributed by atoms with Crippen LogP contribution in [0.3, 0.4) is 0 Å². The Bertz CT molecular complexity index is 518. The van der Waals surface area contributed by atoms with Crippen molar-refractivity contribution in [1.29, 1.82) is 0 Å². The summed E-state index contributed by atoms with van der Waals surface area (Å²) in [6.07, 6.45) is 1.76. The predicted octanol–water partition coefficient (Wildman–Crippen LogP) is 1.52. The highest BCUT2D eigenvalue weighted by Crippen LogP contribution is 2.18. The van der Waals surface area contributed by atoms with Crippen LogP contribution in [0.25, 0.3) is 0 Å². The van der Waals surface area contributed by atoms with Crippen LogP contribution in [-0.4, -0.2) is 46.5 Å². The molecule has 106 valence electrons. The molecule has 0 amide bonds. The van der Waals surface area contributed by atoms with E-state index in [1.165, 1.54) is 0 Å². The first-order valence-electron chi connectivity index (χ1n) is 5.67. The van der Waals surface area contributed by atoms with E-state index in [2.05, 4.69) is 0 Å². The van der Waals surface area contributed by atoms with E-state index in [-0.39, 0.29) is 6.61 Å².